The Balaban J connectivity index is 1.90. The van der Waals surface area contributed by atoms with Crippen LogP contribution in [0.1, 0.15) is 98.6 Å². The van der Waals surface area contributed by atoms with Gasteiger partial charge in [0.15, 0.2) is 5.89 Å². The number of aliphatic hydroxyl groups excluding tert-OH is 2. The Morgan fingerprint density at radius 1 is 1.18 bits per heavy atom. The Morgan fingerprint density at radius 3 is 2.49 bits per heavy atom. The zero-order valence-corrected chi connectivity index (χ0v) is 24.8. The SMILES string of the molecule is CC(C)=CCC1C(=O)C(C)(C)C(O)CC(=O)OC(C(C)=Cc2coc(C)n2)CC2OC2(C)CCCC(C)C1O. The lowest BCUT2D eigenvalue weighted by Gasteiger charge is -2.36. The molecular weight excluding hydrogens is 498 g/mol. The van der Waals surface area contributed by atoms with Crippen molar-refractivity contribution in [1.29, 1.82) is 0 Å². The average Bonchev–Trinajstić information content (AvgIpc) is 3.29. The van der Waals surface area contributed by atoms with E-state index in [1.807, 2.05) is 39.8 Å². The summed E-state index contributed by atoms with van der Waals surface area (Å²) in [4.78, 5) is 31.2. The number of carbonyl (C=O) groups is 2. The first-order chi connectivity index (χ1) is 18.1. The van der Waals surface area contributed by atoms with Gasteiger partial charge in [0, 0.05) is 19.3 Å². The van der Waals surface area contributed by atoms with E-state index in [0.29, 0.717) is 24.4 Å². The second-order valence-electron chi connectivity index (χ2n) is 12.6. The van der Waals surface area contributed by atoms with Crippen LogP contribution in [0.25, 0.3) is 6.08 Å². The van der Waals surface area contributed by atoms with Gasteiger partial charge in [-0.15, -0.1) is 0 Å². The number of ketones is 1. The summed E-state index contributed by atoms with van der Waals surface area (Å²) in [6.07, 6.45) is 5.43. The Hall–Kier alpha value is -2.29. The maximum absolute atomic E-state index is 13.8. The van der Waals surface area contributed by atoms with Crippen molar-refractivity contribution in [1.82, 2.24) is 4.98 Å². The van der Waals surface area contributed by atoms with Crippen molar-refractivity contribution in [3.8, 4) is 0 Å². The molecule has 0 spiro atoms. The highest BCUT2D eigenvalue weighted by Crippen LogP contribution is 2.45. The summed E-state index contributed by atoms with van der Waals surface area (Å²) in [6, 6.07) is 0. The molecule has 7 unspecified atom stereocenters. The summed E-state index contributed by atoms with van der Waals surface area (Å²) < 4.78 is 17.3. The van der Waals surface area contributed by atoms with E-state index in [1.54, 1.807) is 27.0 Å². The number of oxazole rings is 1. The first kappa shape index (κ1) is 31.2. The Morgan fingerprint density at radius 2 is 1.87 bits per heavy atom. The molecule has 0 radical (unpaired) electrons. The summed E-state index contributed by atoms with van der Waals surface area (Å²) >= 11 is 0. The number of fused-ring (bicyclic) bond motifs is 1. The molecule has 2 N–H and O–H groups in total. The topological polar surface area (TPSA) is 122 Å². The van der Waals surface area contributed by atoms with Crippen LogP contribution in [0.5, 0.6) is 0 Å². The van der Waals surface area contributed by atoms with E-state index in [2.05, 4.69) is 11.9 Å². The van der Waals surface area contributed by atoms with Gasteiger partial charge in [-0.05, 0) is 64.5 Å². The fourth-order valence-electron chi connectivity index (χ4n) is 5.47. The summed E-state index contributed by atoms with van der Waals surface area (Å²) in [7, 11) is 0. The highest BCUT2D eigenvalue weighted by Gasteiger charge is 2.53. The largest absolute Gasteiger partial charge is 0.458 e. The minimum Gasteiger partial charge on any atom is -0.458 e. The molecule has 2 aliphatic heterocycles. The van der Waals surface area contributed by atoms with Crippen molar-refractivity contribution < 1.29 is 33.7 Å². The summed E-state index contributed by atoms with van der Waals surface area (Å²) in [5.74, 6) is -1.10. The molecule has 1 aromatic heterocycles. The van der Waals surface area contributed by atoms with Gasteiger partial charge in [-0.1, -0.05) is 38.8 Å². The molecule has 2 aliphatic rings. The lowest BCUT2D eigenvalue weighted by Crippen LogP contribution is -2.46. The average molecular weight is 546 g/mol. The third-order valence-corrected chi connectivity index (χ3v) is 8.53. The number of allylic oxidation sites excluding steroid dienone is 2. The quantitative estimate of drug-likeness (QED) is 0.295. The predicted molar refractivity (Wildman–Crippen MR) is 149 cm³/mol. The molecule has 218 valence electrons. The van der Waals surface area contributed by atoms with E-state index in [0.717, 1.165) is 30.4 Å². The number of aliphatic hydroxyl groups is 2. The van der Waals surface area contributed by atoms with Crippen LogP contribution in [-0.2, 0) is 19.1 Å². The zero-order valence-electron chi connectivity index (χ0n) is 24.8. The third kappa shape index (κ3) is 7.89. The van der Waals surface area contributed by atoms with Crippen molar-refractivity contribution in [3.63, 3.8) is 0 Å². The van der Waals surface area contributed by atoms with Crippen molar-refractivity contribution in [2.75, 3.05) is 0 Å². The van der Waals surface area contributed by atoms with Gasteiger partial charge in [-0.25, -0.2) is 4.98 Å². The number of hydrogen-bond donors (Lipinski definition) is 2. The van der Waals surface area contributed by atoms with E-state index in [-0.39, 0.29) is 29.8 Å². The molecule has 0 aliphatic carbocycles. The van der Waals surface area contributed by atoms with Crippen LogP contribution < -0.4 is 0 Å². The van der Waals surface area contributed by atoms with Gasteiger partial charge in [-0.2, -0.15) is 0 Å². The fraction of sp³-hybridized carbons (Fsp3) is 0.710. The van der Waals surface area contributed by atoms with Gasteiger partial charge in [-0.3, -0.25) is 9.59 Å². The lowest BCUT2D eigenvalue weighted by molar-refractivity contribution is -0.154. The second-order valence-corrected chi connectivity index (χ2v) is 12.6. The summed E-state index contributed by atoms with van der Waals surface area (Å²) in [5, 5.41) is 22.4. The van der Waals surface area contributed by atoms with Crippen LogP contribution >= 0.6 is 0 Å². The molecular formula is C31H47NO7. The smallest absolute Gasteiger partial charge is 0.309 e. The number of Topliss-reactive ketones (excluding diaryl/α,β-unsaturated/α-hetero) is 1. The predicted octanol–water partition coefficient (Wildman–Crippen LogP) is 5.35. The molecule has 7 atom stereocenters. The van der Waals surface area contributed by atoms with Crippen molar-refractivity contribution >= 4 is 17.8 Å². The third-order valence-electron chi connectivity index (χ3n) is 8.53. The summed E-state index contributed by atoms with van der Waals surface area (Å²) in [5.41, 5.74) is 0.883. The maximum Gasteiger partial charge on any atom is 0.309 e. The Bertz CT molecular complexity index is 1080. The number of cyclic esters (lactones) is 1. The molecule has 0 saturated carbocycles. The first-order valence-corrected chi connectivity index (χ1v) is 14.2. The van der Waals surface area contributed by atoms with E-state index in [1.165, 1.54) is 0 Å². The number of hydrogen-bond acceptors (Lipinski definition) is 8. The molecule has 2 saturated heterocycles. The molecule has 39 heavy (non-hydrogen) atoms. The van der Waals surface area contributed by atoms with Crippen LogP contribution in [0.4, 0.5) is 0 Å². The van der Waals surface area contributed by atoms with E-state index < -0.39 is 35.6 Å². The second kappa shape index (κ2) is 12.5. The van der Waals surface area contributed by atoms with E-state index >= 15 is 0 Å². The molecule has 3 rings (SSSR count). The number of epoxide rings is 1. The molecule has 3 heterocycles. The van der Waals surface area contributed by atoms with Crippen molar-refractivity contribution in [2.24, 2.45) is 17.3 Å². The Kier molecular flexibility index (Phi) is 10.00. The molecule has 2 fully saturated rings. The van der Waals surface area contributed by atoms with Gasteiger partial charge < -0.3 is 24.1 Å². The minimum atomic E-state index is -1.27. The number of rotatable bonds is 4. The van der Waals surface area contributed by atoms with Crippen molar-refractivity contribution in [3.05, 3.63) is 35.1 Å². The normalized spacial score (nSPS) is 34.7. The number of carbonyl (C=O) groups excluding carboxylic acids is 2. The van der Waals surface area contributed by atoms with Gasteiger partial charge in [0.05, 0.1) is 35.7 Å². The molecule has 8 nitrogen and oxygen atoms in total. The van der Waals surface area contributed by atoms with Crippen LogP contribution in [0.15, 0.2) is 27.9 Å². The maximum atomic E-state index is 13.8. The highest BCUT2D eigenvalue weighted by molar-refractivity contribution is 5.88. The van der Waals surface area contributed by atoms with Crippen LogP contribution in [0, 0.1) is 24.2 Å². The van der Waals surface area contributed by atoms with Gasteiger partial charge in [0.2, 0.25) is 0 Å². The molecule has 8 heteroatoms. The van der Waals surface area contributed by atoms with E-state index in [4.69, 9.17) is 13.9 Å². The number of nitrogens with zero attached hydrogens (tertiary/aromatic N) is 1. The first-order valence-electron chi connectivity index (χ1n) is 14.2. The van der Waals surface area contributed by atoms with Crippen LogP contribution in [0.2, 0.25) is 0 Å². The molecule has 0 amide bonds. The Labute approximate surface area is 232 Å². The van der Waals surface area contributed by atoms with Crippen molar-refractivity contribution in [2.45, 2.75) is 124 Å². The van der Waals surface area contributed by atoms with E-state index in [9.17, 15) is 19.8 Å². The molecule has 0 bridgehead atoms. The number of ether oxygens (including phenoxy) is 2. The van der Waals surface area contributed by atoms with Gasteiger partial charge in [0.25, 0.3) is 0 Å². The lowest BCUT2D eigenvalue weighted by atomic mass is 9.71. The summed E-state index contributed by atoms with van der Waals surface area (Å²) in [6.45, 7) is 14.9. The minimum absolute atomic E-state index is 0.0841. The van der Waals surface area contributed by atoms with Crippen LogP contribution in [0.3, 0.4) is 0 Å². The van der Waals surface area contributed by atoms with Gasteiger partial charge >= 0.3 is 5.97 Å². The van der Waals surface area contributed by atoms with Crippen LogP contribution in [-0.4, -0.2) is 57.0 Å². The highest BCUT2D eigenvalue weighted by atomic mass is 16.6. The number of esters is 1. The standard InChI is InChI=1S/C31H47NO7/c1-18(2)11-12-23-28(35)19(3)10-9-13-31(8)26(39-31)15-24(20(4)14-22-17-37-21(5)32-22)38-27(34)16-25(33)30(6,7)29(23)36/h11,14,17,19,23-26,28,33,35H,9-10,12-13,15-16H2,1-8H3. The van der Waals surface area contributed by atoms with Gasteiger partial charge in [0.1, 0.15) is 23.8 Å². The fourth-order valence-corrected chi connectivity index (χ4v) is 5.47. The monoisotopic (exact) mass is 545 g/mol. The number of aromatic nitrogens is 1. The molecule has 1 aromatic rings. The molecule has 0 aromatic carbocycles. The zero-order chi connectivity index (χ0) is 29.1. The number of aryl methyl sites for hydroxylation is 1.